The zero-order valence-electron chi connectivity index (χ0n) is 11.9. The Hall–Kier alpha value is -1.89. The average Bonchev–Trinajstić information content (AvgIpc) is 2.72. The van der Waals surface area contributed by atoms with E-state index in [2.05, 4.69) is 10.3 Å². The van der Waals surface area contributed by atoms with Crippen molar-refractivity contribution in [1.29, 1.82) is 0 Å². The molecule has 7 heteroatoms. The molecule has 2 atom stereocenters. The smallest absolute Gasteiger partial charge is 0.321 e. The molecule has 1 unspecified atom stereocenters. The van der Waals surface area contributed by atoms with E-state index in [1.165, 1.54) is 0 Å². The Bertz CT molecular complexity index is 470. The zero-order valence-corrected chi connectivity index (χ0v) is 11.9. The van der Waals surface area contributed by atoms with Gasteiger partial charge in [0.05, 0.1) is 6.33 Å². The van der Waals surface area contributed by atoms with Crippen LogP contribution >= 0.6 is 0 Å². The van der Waals surface area contributed by atoms with E-state index >= 15 is 0 Å². The molecule has 0 saturated carbocycles. The van der Waals surface area contributed by atoms with E-state index in [9.17, 15) is 14.7 Å². The maximum Gasteiger partial charge on any atom is 0.321 e. The molecule has 0 fully saturated rings. The highest BCUT2D eigenvalue weighted by atomic mass is 16.4. The van der Waals surface area contributed by atoms with Crippen LogP contribution in [0.5, 0.6) is 0 Å². The van der Waals surface area contributed by atoms with Gasteiger partial charge in [0.25, 0.3) is 0 Å². The molecule has 0 aromatic carbocycles. The second-order valence-electron chi connectivity index (χ2n) is 5.28. The van der Waals surface area contributed by atoms with Gasteiger partial charge in [-0.3, -0.25) is 14.9 Å². The van der Waals surface area contributed by atoms with Crippen LogP contribution in [0, 0.1) is 5.92 Å². The maximum absolute atomic E-state index is 11.3. The molecule has 0 saturated heterocycles. The third-order valence-corrected chi connectivity index (χ3v) is 3.04. The number of imidazole rings is 1. The van der Waals surface area contributed by atoms with Crippen LogP contribution in [-0.2, 0) is 23.1 Å². The Morgan fingerprint density at radius 2 is 1.90 bits per heavy atom. The Morgan fingerprint density at radius 3 is 2.30 bits per heavy atom. The summed E-state index contributed by atoms with van der Waals surface area (Å²) in [6.45, 7) is 3.79. The van der Waals surface area contributed by atoms with E-state index in [-0.39, 0.29) is 12.3 Å². The van der Waals surface area contributed by atoms with Crippen molar-refractivity contribution in [3.05, 3.63) is 18.2 Å². The molecule has 0 bridgehead atoms. The first-order valence-electron chi connectivity index (χ1n) is 6.48. The van der Waals surface area contributed by atoms with Crippen molar-refractivity contribution in [1.82, 2.24) is 14.9 Å². The van der Waals surface area contributed by atoms with E-state index in [0.29, 0.717) is 6.42 Å². The Morgan fingerprint density at radius 1 is 1.30 bits per heavy atom. The number of nitrogens with zero attached hydrogens (tertiary/aromatic N) is 2. The molecule has 0 spiro atoms. The maximum atomic E-state index is 11.3. The van der Waals surface area contributed by atoms with E-state index in [0.717, 1.165) is 5.69 Å². The highest BCUT2D eigenvalue weighted by molar-refractivity contribution is 5.77. The van der Waals surface area contributed by atoms with Crippen LogP contribution in [0.2, 0.25) is 0 Å². The lowest BCUT2D eigenvalue weighted by molar-refractivity contribution is -0.142. The third kappa shape index (κ3) is 4.65. The molecule has 0 aliphatic heterocycles. The molecule has 3 N–H and O–H groups in total. The number of hydrogen-bond donors (Lipinski definition) is 3. The number of carboxylic acids is 2. The third-order valence-electron chi connectivity index (χ3n) is 3.04. The molecule has 0 amide bonds. The normalized spacial score (nSPS) is 14.2. The molecule has 1 aromatic rings. The van der Waals surface area contributed by atoms with Gasteiger partial charge in [0.15, 0.2) is 0 Å². The first-order valence-corrected chi connectivity index (χ1v) is 6.48. The Balaban J connectivity index is 2.78. The van der Waals surface area contributed by atoms with Gasteiger partial charge in [-0.1, -0.05) is 13.8 Å². The number of carboxylic acid groups (broad SMARTS) is 2. The van der Waals surface area contributed by atoms with Gasteiger partial charge < -0.3 is 14.8 Å². The number of aromatic nitrogens is 2. The van der Waals surface area contributed by atoms with Crippen molar-refractivity contribution >= 4 is 11.9 Å². The van der Waals surface area contributed by atoms with Crippen molar-refractivity contribution < 1.29 is 19.8 Å². The largest absolute Gasteiger partial charge is 0.480 e. The molecule has 0 aliphatic rings. The summed E-state index contributed by atoms with van der Waals surface area (Å²) < 4.78 is 1.72. The fraction of sp³-hybridized carbons (Fsp3) is 0.615. The van der Waals surface area contributed by atoms with Crippen LogP contribution < -0.4 is 5.32 Å². The topological polar surface area (TPSA) is 104 Å². The summed E-state index contributed by atoms with van der Waals surface area (Å²) in [5, 5.41) is 21.1. The quantitative estimate of drug-likeness (QED) is 0.642. The second-order valence-corrected chi connectivity index (χ2v) is 5.28. The van der Waals surface area contributed by atoms with Gasteiger partial charge in [-0.2, -0.15) is 0 Å². The number of rotatable bonds is 8. The molecular weight excluding hydrogens is 262 g/mol. The molecule has 0 aliphatic carbocycles. The standard InChI is InChI=1S/C13H21N3O4/c1-8(2)4-10(12(17)18)15-11(13(19)20)5-9-6-14-7-16(9)3/h6-8,10-11,15H,4-5H2,1-3H3,(H,17,18)(H,19,20)/t10?,11-/m0/s1. The lowest BCUT2D eigenvalue weighted by Gasteiger charge is -2.21. The molecule has 7 nitrogen and oxygen atoms in total. The monoisotopic (exact) mass is 283 g/mol. The van der Waals surface area contributed by atoms with Crippen LogP contribution in [0.4, 0.5) is 0 Å². The fourth-order valence-corrected chi connectivity index (χ4v) is 1.96. The lowest BCUT2D eigenvalue weighted by atomic mass is 10.0. The van der Waals surface area contributed by atoms with Gasteiger partial charge in [0.2, 0.25) is 0 Å². The average molecular weight is 283 g/mol. The van der Waals surface area contributed by atoms with Crippen LogP contribution in [-0.4, -0.2) is 43.8 Å². The van der Waals surface area contributed by atoms with Crippen molar-refractivity contribution in [2.24, 2.45) is 13.0 Å². The Kier molecular flexibility index (Phi) is 5.69. The molecular formula is C13H21N3O4. The minimum Gasteiger partial charge on any atom is -0.480 e. The zero-order chi connectivity index (χ0) is 15.3. The first-order chi connectivity index (χ1) is 9.31. The molecule has 20 heavy (non-hydrogen) atoms. The van der Waals surface area contributed by atoms with Crippen molar-refractivity contribution in [2.75, 3.05) is 0 Å². The van der Waals surface area contributed by atoms with Gasteiger partial charge in [-0.05, 0) is 12.3 Å². The van der Waals surface area contributed by atoms with E-state index < -0.39 is 24.0 Å². The molecule has 0 radical (unpaired) electrons. The van der Waals surface area contributed by atoms with E-state index in [1.807, 2.05) is 13.8 Å². The number of carbonyl (C=O) groups is 2. The summed E-state index contributed by atoms with van der Waals surface area (Å²) in [5.41, 5.74) is 0.735. The van der Waals surface area contributed by atoms with Crippen LogP contribution in [0.3, 0.4) is 0 Å². The van der Waals surface area contributed by atoms with E-state index in [1.54, 1.807) is 24.1 Å². The summed E-state index contributed by atoms with van der Waals surface area (Å²) in [7, 11) is 1.77. The highest BCUT2D eigenvalue weighted by Crippen LogP contribution is 2.08. The number of hydrogen-bond acceptors (Lipinski definition) is 4. The predicted octanol–water partition coefficient (Wildman–Crippen LogP) is 0.505. The van der Waals surface area contributed by atoms with Crippen LogP contribution in [0.1, 0.15) is 26.0 Å². The van der Waals surface area contributed by atoms with Crippen LogP contribution in [0.15, 0.2) is 12.5 Å². The van der Waals surface area contributed by atoms with Crippen molar-refractivity contribution in [2.45, 2.75) is 38.8 Å². The number of aryl methyl sites for hydroxylation is 1. The van der Waals surface area contributed by atoms with Gasteiger partial charge in [0.1, 0.15) is 12.1 Å². The minimum absolute atomic E-state index is 0.162. The number of nitrogens with one attached hydrogen (secondary N) is 1. The second kappa shape index (κ2) is 7.04. The van der Waals surface area contributed by atoms with Gasteiger partial charge in [-0.25, -0.2) is 4.98 Å². The van der Waals surface area contributed by atoms with Gasteiger partial charge >= 0.3 is 11.9 Å². The van der Waals surface area contributed by atoms with E-state index in [4.69, 9.17) is 5.11 Å². The van der Waals surface area contributed by atoms with Gasteiger partial charge in [-0.15, -0.1) is 0 Å². The lowest BCUT2D eigenvalue weighted by Crippen LogP contribution is -2.49. The number of aliphatic carboxylic acids is 2. The predicted molar refractivity (Wildman–Crippen MR) is 72.4 cm³/mol. The molecule has 112 valence electrons. The minimum atomic E-state index is -1.07. The summed E-state index contributed by atoms with van der Waals surface area (Å²) >= 11 is 0. The fourth-order valence-electron chi connectivity index (χ4n) is 1.96. The Labute approximate surface area is 117 Å². The summed E-state index contributed by atoms with van der Waals surface area (Å²) in [6.07, 6.45) is 3.73. The van der Waals surface area contributed by atoms with Crippen molar-refractivity contribution in [3.8, 4) is 0 Å². The highest BCUT2D eigenvalue weighted by Gasteiger charge is 2.27. The summed E-state index contributed by atoms with van der Waals surface area (Å²) in [5.74, 6) is -1.94. The molecule has 1 aromatic heterocycles. The molecule has 1 heterocycles. The van der Waals surface area contributed by atoms with Crippen molar-refractivity contribution in [3.63, 3.8) is 0 Å². The van der Waals surface area contributed by atoms with Gasteiger partial charge in [0, 0.05) is 25.4 Å². The summed E-state index contributed by atoms with van der Waals surface area (Å²) in [6, 6.07) is -1.82. The van der Waals surface area contributed by atoms with Crippen LogP contribution in [0.25, 0.3) is 0 Å². The molecule has 1 rings (SSSR count). The summed E-state index contributed by atoms with van der Waals surface area (Å²) in [4.78, 5) is 26.4. The first kappa shape index (κ1) is 16.2. The SMILES string of the molecule is CC(C)CC(N[C@@H](Cc1cncn1C)C(=O)O)C(=O)O.